The molecule has 1 aromatic carbocycles. The van der Waals surface area contributed by atoms with Crippen molar-refractivity contribution in [1.82, 2.24) is 5.32 Å². The Morgan fingerprint density at radius 1 is 1.56 bits per heavy atom. The zero-order chi connectivity index (χ0) is 13.0. The van der Waals surface area contributed by atoms with Gasteiger partial charge in [-0.2, -0.15) is 0 Å². The van der Waals surface area contributed by atoms with E-state index in [9.17, 15) is 0 Å². The summed E-state index contributed by atoms with van der Waals surface area (Å²) in [6, 6.07) is 6.55. The molecule has 4 heteroatoms. The summed E-state index contributed by atoms with van der Waals surface area (Å²) >= 11 is 3.56. The first-order valence-electron chi connectivity index (χ1n) is 6.42. The minimum absolute atomic E-state index is 0.257. The fraction of sp³-hybridized carbons (Fsp3) is 0.571. The second kappa shape index (κ2) is 6.55. The molecule has 18 heavy (non-hydrogen) atoms. The lowest BCUT2D eigenvalue weighted by Crippen LogP contribution is -2.16. The van der Waals surface area contributed by atoms with Gasteiger partial charge in [-0.25, -0.2) is 0 Å². The summed E-state index contributed by atoms with van der Waals surface area (Å²) in [5, 5.41) is 3.22. The average molecular weight is 314 g/mol. The van der Waals surface area contributed by atoms with Crippen molar-refractivity contribution in [3.63, 3.8) is 0 Å². The minimum Gasteiger partial charge on any atom is -0.490 e. The van der Waals surface area contributed by atoms with E-state index >= 15 is 0 Å². The Balaban J connectivity index is 1.96. The maximum Gasteiger partial charge on any atom is 0.133 e. The second-order valence-electron chi connectivity index (χ2n) is 4.65. The van der Waals surface area contributed by atoms with Crippen LogP contribution < -0.4 is 10.1 Å². The highest BCUT2D eigenvalue weighted by atomic mass is 79.9. The number of benzene rings is 1. The molecule has 1 aliphatic rings. The summed E-state index contributed by atoms with van der Waals surface area (Å²) in [4.78, 5) is 0. The maximum absolute atomic E-state index is 5.80. The molecule has 0 amide bonds. The lowest BCUT2D eigenvalue weighted by Gasteiger charge is -2.15. The molecular formula is C14H20BrNO2. The van der Waals surface area contributed by atoms with E-state index in [1.54, 1.807) is 0 Å². The van der Waals surface area contributed by atoms with Crippen LogP contribution in [0.15, 0.2) is 22.7 Å². The normalized spacial score (nSPS) is 20.9. The minimum atomic E-state index is 0.257. The highest BCUT2D eigenvalue weighted by Crippen LogP contribution is 2.29. The van der Waals surface area contributed by atoms with Gasteiger partial charge >= 0.3 is 0 Å². The summed E-state index contributed by atoms with van der Waals surface area (Å²) < 4.78 is 12.3. The molecule has 1 aromatic rings. The molecule has 0 saturated carbocycles. The van der Waals surface area contributed by atoms with Crippen LogP contribution >= 0.6 is 15.9 Å². The Hall–Kier alpha value is -0.580. The predicted octanol–water partition coefficient (Wildman–Crippen LogP) is 3.29. The summed E-state index contributed by atoms with van der Waals surface area (Å²) in [7, 11) is 1.96. The van der Waals surface area contributed by atoms with Crippen LogP contribution in [-0.2, 0) is 4.74 Å². The number of ether oxygens (including phenoxy) is 2. The van der Waals surface area contributed by atoms with Gasteiger partial charge in [0.15, 0.2) is 0 Å². The van der Waals surface area contributed by atoms with Crippen molar-refractivity contribution < 1.29 is 9.47 Å². The largest absolute Gasteiger partial charge is 0.490 e. The van der Waals surface area contributed by atoms with E-state index in [1.165, 1.54) is 5.56 Å². The number of hydrogen-bond acceptors (Lipinski definition) is 3. The highest BCUT2D eigenvalue weighted by Gasteiger charge is 2.16. The number of halogens is 1. The first kappa shape index (κ1) is 13.8. The van der Waals surface area contributed by atoms with E-state index in [1.807, 2.05) is 13.1 Å². The average Bonchev–Trinajstić information content (AvgIpc) is 2.89. The Kier molecular flexibility index (Phi) is 5.03. The summed E-state index contributed by atoms with van der Waals surface area (Å²) in [5.74, 6) is 0.887. The molecule has 1 saturated heterocycles. The SMILES string of the molecule is CNC(C)c1ccc(OCC2CCCO2)c(Br)c1. The van der Waals surface area contributed by atoms with Gasteiger partial charge in [-0.3, -0.25) is 0 Å². The van der Waals surface area contributed by atoms with Gasteiger partial charge < -0.3 is 14.8 Å². The molecule has 0 aromatic heterocycles. The zero-order valence-corrected chi connectivity index (χ0v) is 12.5. The number of rotatable bonds is 5. The predicted molar refractivity (Wildman–Crippen MR) is 76.1 cm³/mol. The molecule has 1 fully saturated rings. The molecule has 0 bridgehead atoms. The lowest BCUT2D eigenvalue weighted by atomic mass is 10.1. The van der Waals surface area contributed by atoms with Crippen molar-refractivity contribution in [2.75, 3.05) is 20.3 Å². The molecule has 2 rings (SSSR count). The molecule has 0 radical (unpaired) electrons. The van der Waals surface area contributed by atoms with Crippen LogP contribution in [0.5, 0.6) is 5.75 Å². The van der Waals surface area contributed by atoms with Crippen LogP contribution in [0.1, 0.15) is 31.4 Å². The second-order valence-corrected chi connectivity index (χ2v) is 5.50. The van der Waals surface area contributed by atoms with Gasteiger partial charge in [0.2, 0.25) is 0 Å². The smallest absolute Gasteiger partial charge is 0.133 e. The quantitative estimate of drug-likeness (QED) is 0.905. The van der Waals surface area contributed by atoms with Crippen LogP contribution in [-0.4, -0.2) is 26.4 Å². The van der Waals surface area contributed by atoms with Crippen molar-refractivity contribution in [2.45, 2.75) is 31.9 Å². The molecule has 0 spiro atoms. The lowest BCUT2D eigenvalue weighted by molar-refractivity contribution is 0.0677. The molecule has 2 atom stereocenters. The van der Waals surface area contributed by atoms with Crippen LogP contribution in [0.25, 0.3) is 0 Å². The van der Waals surface area contributed by atoms with Gasteiger partial charge in [0.1, 0.15) is 12.4 Å². The monoisotopic (exact) mass is 313 g/mol. The third-order valence-corrected chi connectivity index (χ3v) is 3.96. The topological polar surface area (TPSA) is 30.5 Å². The number of hydrogen-bond donors (Lipinski definition) is 1. The molecule has 3 nitrogen and oxygen atoms in total. The van der Waals surface area contributed by atoms with Gasteiger partial charge in [-0.15, -0.1) is 0 Å². The van der Waals surface area contributed by atoms with Gasteiger partial charge in [-0.05, 0) is 60.4 Å². The third kappa shape index (κ3) is 3.46. The molecule has 1 N–H and O–H groups in total. The van der Waals surface area contributed by atoms with Crippen molar-refractivity contribution in [3.8, 4) is 5.75 Å². The molecule has 2 unspecified atom stereocenters. The van der Waals surface area contributed by atoms with Crippen molar-refractivity contribution >= 4 is 15.9 Å². The van der Waals surface area contributed by atoms with Crippen molar-refractivity contribution in [2.24, 2.45) is 0 Å². The highest BCUT2D eigenvalue weighted by molar-refractivity contribution is 9.10. The van der Waals surface area contributed by atoms with Crippen LogP contribution in [0, 0.1) is 0 Å². The van der Waals surface area contributed by atoms with E-state index in [0.717, 1.165) is 29.7 Å². The maximum atomic E-state index is 5.80. The molecule has 100 valence electrons. The third-order valence-electron chi connectivity index (χ3n) is 3.34. The van der Waals surface area contributed by atoms with Gasteiger partial charge in [-0.1, -0.05) is 6.07 Å². The van der Waals surface area contributed by atoms with Crippen LogP contribution in [0.4, 0.5) is 0 Å². The first-order chi connectivity index (χ1) is 8.70. The van der Waals surface area contributed by atoms with E-state index in [-0.39, 0.29) is 6.10 Å². The van der Waals surface area contributed by atoms with Crippen LogP contribution in [0.2, 0.25) is 0 Å². The molecule has 1 aliphatic heterocycles. The van der Waals surface area contributed by atoms with Crippen LogP contribution in [0.3, 0.4) is 0 Å². The zero-order valence-electron chi connectivity index (χ0n) is 10.9. The van der Waals surface area contributed by atoms with E-state index in [4.69, 9.17) is 9.47 Å². The van der Waals surface area contributed by atoms with Gasteiger partial charge in [0.05, 0.1) is 10.6 Å². The summed E-state index contributed by atoms with van der Waals surface area (Å²) in [6.07, 6.45) is 2.51. The van der Waals surface area contributed by atoms with Crippen molar-refractivity contribution in [1.29, 1.82) is 0 Å². The molecule has 0 aliphatic carbocycles. The van der Waals surface area contributed by atoms with E-state index < -0.39 is 0 Å². The van der Waals surface area contributed by atoms with Crippen molar-refractivity contribution in [3.05, 3.63) is 28.2 Å². The molecular weight excluding hydrogens is 294 g/mol. The molecule has 1 heterocycles. The fourth-order valence-electron chi connectivity index (χ4n) is 2.03. The standard InChI is InChI=1S/C14H20BrNO2/c1-10(16-2)11-5-6-14(13(15)8-11)18-9-12-4-3-7-17-12/h5-6,8,10,12,16H,3-4,7,9H2,1-2H3. The number of nitrogens with one attached hydrogen (secondary N) is 1. The Morgan fingerprint density at radius 2 is 2.39 bits per heavy atom. The fourth-order valence-corrected chi connectivity index (χ4v) is 2.54. The van der Waals surface area contributed by atoms with Gasteiger partial charge in [0.25, 0.3) is 0 Å². The van der Waals surface area contributed by atoms with Gasteiger partial charge in [0, 0.05) is 12.6 Å². The Bertz CT molecular complexity index is 391. The Morgan fingerprint density at radius 3 is 3.00 bits per heavy atom. The Labute approximate surface area is 117 Å². The summed E-state index contributed by atoms with van der Waals surface area (Å²) in [6.45, 7) is 3.64. The first-order valence-corrected chi connectivity index (χ1v) is 7.21. The summed E-state index contributed by atoms with van der Waals surface area (Å²) in [5.41, 5.74) is 1.24. The van der Waals surface area contributed by atoms with E-state index in [2.05, 4.69) is 40.3 Å². The van der Waals surface area contributed by atoms with E-state index in [0.29, 0.717) is 12.6 Å².